The van der Waals surface area contributed by atoms with Gasteiger partial charge in [-0.3, -0.25) is 0 Å². The molecule has 1 N–H and O–H groups in total. The molecule has 2 aromatic rings. The SMILES string of the molecule is CCNC(Cc1ccccc1)Cc1cc(F)ccc1F. The Morgan fingerprint density at radius 2 is 1.75 bits per heavy atom. The molecule has 3 heteroatoms. The maximum absolute atomic E-state index is 13.7. The van der Waals surface area contributed by atoms with Crippen molar-refractivity contribution < 1.29 is 8.78 Å². The highest BCUT2D eigenvalue weighted by Gasteiger charge is 2.13. The van der Waals surface area contributed by atoms with Gasteiger partial charge in [0.05, 0.1) is 0 Å². The molecule has 0 bridgehead atoms. The number of halogens is 2. The van der Waals surface area contributed by atoms with E-state index in [1.165, 1.54) is 17.7 Å². The number of likely N-dealkylation sites (N-methyl/N-ethyl adjacent to an activating group) is 1. The van der Waals surface area contributed by atoms with E-state index in [0.29, 0.717) is 12.0 Å². The van der Waals surface area contributed by atoms with Crippen molar-refractivity contribution >= 4 is 0 Å². The number of hydrogen-bond donors (Lipinski definition) is 1. The Morgan fingerprint density at radius 1 is 1.00 bits per heavy atom. The van der Waals surface area contributed by atoms with Crippen LogP contribution in [-0.2, 0) is 12.8 Å². The summed E-state index contributed by atoms with van der Waals surface area (Å²) in [5.74, 6) is -0.737. The molecular formula is C17H19F2N. The average Bonchev–Trinajstić information content (AvgIpc) is 2.44. The van der Waals surface area contributed by atoms with Crippen molar-refractivity contribution in [2.45, 2.75) is 25.8 Å². The van der Waals surface area contributed by atoms with Gasteiger partial charge in [-0.1, -0.05) is 37.3 Å². The Kier molecular flexibility index (Phi) is 5.24. The van der Waals surface area contributed by atoms with Crippen LogP contribution >= 0.6 is 0 Å². The van der Waals surface area contributed by atoms with Crippen molar-refractivity contribution in [2.75, 3.05) is 6.54 Å². The number of rotatable bonds is 6. The van der Waals surface area contributed by atoms with Crippen molar-refractivity contribution in [1.82, 2.24) is 5.32 Å². The third kappa shape index (κ3) is 4.14. The fraction of sp³-hybridized carbons (Fsp3) is 0.294. The number of nitrogens with one attached hydrogen (secondary N) is 1. The highest BCUT2D eigenvalue weighted by Crippen LogP contribution is 2.14. The molecule has 0 radical (unpaired) electrons. The lowest BCUT2D eigenvalue weighted by atomic mass is 9.98. The highest BCUT2D eigenvalue weighted by molar-refractivity contribution is 5.22. The minimum absolute atomic E-state index is 0.0960. The zero-order chi connectivity index (χ0) is 14.4. The van der Waals surface area contributed by atoms with E-state index in [1.807, 2.05) is 37.3 Å². The molecule has 0 aromatic heterocycles. The first kappa shape index (κ1) is 14.7. The smallest absolute Gasteiger partial charge is 0.126 e. The molecule has 1 nitrogen and oxygen atoms in total. The summed E-state index contributed by atoms with van der Waals surface area (Å²) in [6, 6.07) is 13.8. The van der Waals surface area contributed by atoms with Crippen LogP contribution in [0.25, 0.3) is 0 Å². The van der Waals surface area contributed by atoms with Crippen LogP contribution in [0.5, 0.6) is 0 Å². The first-order valence-electron chi connectivity index (χ1n) is 6.90. The van der Waals surface area contributed by atoms with Crippen LogP contribution in [0.3, 0.4) is 0 Å². The predicted octanol–water partition coefficient (Wildman–Crippen LogP) is 3.73. The van der Waals surface area contributed by atoms with Crippen LogP contribution in [-0.4, -0.2) is 12.6 Å². The molecule has 2 aromatic carbocycles. The first-order valence-corrected chi connectivity index (χ1v) is 6.90. The van der Waals surface area contributed by atoms with Gasteiger partial charge in [-0.05, 0) is 48.7 Å². The molecule has 0 fully saturated rings. The lowest BCUT2D eigenvalue weighted by molar-refractivity contribution is 0.502. The van der Waals surface area contributed by atoms with E-state index in [2.05, 4.69) is 5.32 Å². The quantitative estimate of drug-likeness (QED) is 0.847. The molecule has 0 amide bonds. The van der Waals surface area contributed by atoms with Crippen LogP contribution in [0.1, 0.15) is 18.1 Å². The summed E-state index contributed by atoms with van der Waals surface area (Å²) in [5.41, 5.74) is 1.61. The van der Waals surface area contributed by atoms with E-state index in [4.69, 9.17) is 0 Å². The van der Waals surface area contributed by atoms with Crippen LogP contribution in [0, 0.1) is 11.6 Å². The molecule has 0 aliphatic rings. The third-order valence-corrected chi connectivity index (χ3v) is 3.29. The van der Waals surface area contributed by atoms with Gasteiger partial charge in [0, 0.05) is 6.04 Å². The maximum Gasteiger partial charge on any atom is 0.126 e. The third-order valence-electron chi connectivity index (χ3n) is 3.29. The zero-order valence-electron chi connectivity index (χ0n) is 11.6. The zero-order valence-corrected chi connectivity index (χ0v) is 11.6. The minimum atomic E-state index is -0.392. The fourth-order valence-electron chi connectivity index (χ4n) is 2.37. The molecule has 0 saturated heterocycles. The number of benzene rings is 2. The van der Waals surface area contributed by atoms with E-state index >= 15 is 0 Å². The van der Waals surface area contributed by atoms with Gasteiger partial charge in [-0.15, -0.1) is 0 Å². The van der Waals surface area contributed by atoms with Crippen LogP contribution in [0.15, 0.2) is 48.5 Å². The minimum Gasteiger partial charge on any atom is -0.314 e. The Morgan fingerprint density at radius 3 is 2.45 bits per heavy atom. The van der Waals surface area contributed by atoms with Crippen molar-refractivity contribution in [3.05, 3.63) is 71.3 Å². The summed E-state index contributed by atoms with van der Waals surface area (Å²) in [4.78, 5) is 0. The van der Waals surface area contributed by atoms with E-state index in [-0.39, 0.29) is 11.9 Å². The van der Waals surface area contributed by atoms with Crippen LogP contribution in [0.4, 0.5) is 8.78 Å². The monoisotopic (exact) mass is 275 g/mol. The van der Waals surface area contributed by atoms with Gasteiger partial charge >= 0.3 is 0 Å². The molecule has 20 heavy (non-hydrogen) atoms. The van der Waals surface area contributed by atoms with E-state index < -0.39 is 5.82 Å². The van der Waals surface area contributed by atoms with E-state index in [1.54, 1.807) is 0 Å². The molecule has 0 saturated carbocycles. The van der Waals surface area contributed by atoms with Gasteiger partial charge in [0.25, 0.3) is 0 Å². The van der Waals surface area contributed by atoms with Crippen LogP contribution in [0.2, 0.25) is 0 Å². The van der Waals surface area contributed by atoms with Gasteiger partial charge < -0.3 is 5.32 Å². The van der Waals surface area contributed by atoms with Crippen molar-refractivity contribution in [3.8, 4) is 0 Å². The molecular weight excluding hydrogens is 256 g/mol. The Hall–Kier alpha value is -1.74. The Labute approximate surface area is 118 Å². The standard InChI is InChI=1S/C17H19F2N/c1-2-20-16(10-13-6-4-3-5-7-13)12-14-11-15(18)8-9-17(14)19/h3-9,11,16,20H,2,10,12H2,1H3. The van der Waals surface area contributed by atoms with Crippen molar-refractivity contribution in [3.63, 3.8) is 0 Å². The largest absolute Gasteiger partial charge is 0.314 e. The summed E-state index contributed by atoms with van der Waals surface area (Å²) in [6.07, 6.45) is 1.27. The molecule has 2 rings (SSSR count). The first-order chi connectivity index (χ1) is 9.69. The summed E-state index contributed by atoms with van der Waals surface area (Å²) in [5, 5.41) is 3.34. The molecule has 0 heterocycles. The fourth-order valence-corrected chi connectivity index (χ4v) is 2.37. The second-order valence-electron chi connectivity index (χ2n) is 4.88. The predicted molar refractivity (Wildman–Crippen MR) is 77.7 cm³/mol. The van der Waals surface area contributed by atoms with Crippen LogP contribution < -0.4 is 5.32 Å². The lowest BCUT2D eigenvalue weighted by Gasteiger charge is -2.18. The summed E-state index contributed by atoms with van der Waals surface area (Å²) >= 11 is 0. The molecule has 0 spiro atoms. The van der Waals surface area contributed by atoms with Gasteiger partial charge in [-0.25, -0.2) is 8.78 Å². The summed E-state index contributed by atoms with van der Waals surface area (Å²) < 4.78 is 26.9. The van der Waals surface area contributed by atoms with E-state index in [0.717, 1.165) is 19.0 Å². The second-order valence-corrected chi connectivity index (χ2v) is 4.88. The normalized spacial score (nSPS) is 12.3. The topological polar surface area (TPSA) is 12.0 Å². The molecule has 0 aliphatic carbocycles. The summed E-state index contributed by atoms with van der Waals surface area (Å²) in [6.45, 7) is 2.81. The molecule has 106 valence electrons. The molecule has 1 atom stereocenters. The van der Waals surface area contributed by atoms with Crippen molar-refractivity contribution in [1.29, 1.82) is 0 Å². The second kappa shape index (κ2) is 7.15. The Balaban J connectivity index is 2.11. The van der Waals surface area contributed by atoms with Gasteiger partial charge in [0.1, 0.15) is 11.6 Å². The van der Waals surface area contributed by atoms with Crippen molar-refractivity contribution in [2.24, 2.45) is 0 Å². The lowest BCUT2D eigenvalue weighted by Crippen LogP contribution is -2.33. The van der Waals surface area contributed by atoms with Gasteiger partial charge in [0.15, 0.2) is 0 Å². The maximum atomic E-state index is 13.7. The summed E-state index contributed by atoms with van der Waals surface area (Å²) in [7, 11) is 0. The molecule has 0 aliphatic heterocycles. The van der Waals surface area contributed by atoms with Gasteiger partial charge in [0.2, 0.25) is 0 Å². The van der Waals surface area contributed by atoms with Gasteiger partial charge in [-0.2, -0.15) is 0 Å². The van der Waals surface area contributed by atoms with E-state index in [9.17, 15) is 8.78 Å². The Bertz CT molecular complexity index is 540. The highest BCUT2D eigenvalue weighted by atomic mass is 19.1. The number of hydrogen-bond acceptors (Lipinski definition) is 1. The molecule has 1 unspecified atom stereocenters. The average molecular weight is 275 g/mol.